The molecule has 0 radical (unpaired) electrons. The van der Waals surface area contributed by atoms with Gasteiger partial charge in [-0.3, -0.25) is 0 Å². The Labute approximate surface area is 113 Å². The van der Waals surface area contributed by atoms with E-state index in [1.807, 2.05) is 0 Å². The van der Waals surface area contributed by atoms with Crippen LogP contribution in [0, 0.1) is 0 Å². The van der Waals surface area contributed by atoms with E-state index in [0.717, 1.165) is 0 Å². The highest BCUT2D eigenvalue weighted by atomic mass is 16.2. The Morgan fingerprint density at radius 2 is 0.950 bits per heavy atom. The summed E-state index contributed by atoms with van der Waals surface area (Å²) >= 11 is 0. The summed E-state index contributed by atoms with van der Waals surface area (Å²) in [7, 11) is 0. The number of rotatable bonds is 2. The highest BCUT2D eigenvalue weighted by Crippen LogP contribution is 2.10. The van der Waals surface area contributed by atoms with Crippen LogP contribution < -0.4 is 9.80 Å². The summed E-state index contributed by atoms with van der Waals surface area (Å²) in [6, 6.07) is 6.36. The Morgan fingerprint density at radius 1 is 0.600 bits per heavy atom. The van der Waals surface area contributed by atoms with Crippen LogP contribution in [-0.2, 0) is 19.2 Å². The quantitative estimate of drug-likeness (QED) is 0.607. The summed E-state index contributed by atoms with van der Waals surface area (Å²) in [6.07, 6.45) is 4.85. The van der Waals surface area contributed by atoms with Crippen molar-refractivity contribution in [3.63, 3.8) is 0 Å². The van der Waals surface area contributed by atoms with Crippen molar-refractivity contribution in [2.75, 3.05) is 0 Å². The van der Waals surface area contributed by atoms with Gasteiger partial charge in [0.1, 0.15) is 0 Å². The molecule has 0 unspecified atom stereocenters. The van der Waals surface area contributed by atoms with Crippen molar-refractivity contribution in [3.05, 3.63) is 48.6 Å². The first-order valence-electron chi connectivity index (χ1n) is 5.96. The standard InChI is InChI=1S/C14H8N2O4/c17-11-4-5-12(18)15(11)9-2-1-3-10(8-9)16-13(19)6-7-14(16)20/h1-8H/p+2. The van der Waals surface area contributed by atoms with E-state index in [2.05, 4.69) is 0 Å². The number of imide groups is 2. The van der Waals surface area contributed by atoms with E-state index in [1.165, 1.54) is 30.4 Å². The fourth-order valence-corrected chi connectivity index (χ4v) is 2.28. The lowest BCUT2D eigenvalue weighted by atomic mass is 10.2. The molecule has 4 amide bonds. The predicted octanol–water partition coefficient (Wildman–Crippen LogP) is -2.03. The van der Waals surface area contributed by atoms with Crippen molar-refractivity contribution in [2.24, 2.45) is 0 Å². The van der Waals surface area contributed by atoms with Gasteiger partial charge in [-0.15, -0.1) is 0 Å². The van der Waals surface area contributed by atoms with Gasteiger partial charge in [0.05, 0.1) is 30.4 Å². The van der Waals surface area contributed by atoms with Gasteiger partial charge in [0.25, 0.3) is 0 Å². The van der Waals surface area contributed by atoms with Gasteiger partial charge in [-0.1, -0.05) is 6.07 Å². The zero-order chi connectivity index (χ0) is 14.3. The molecule has 0 aliphatic carbocycles. The van der Waals surface area contributed by atoms with E-state index in [4.69, 9.17) is 0 Å². The smallest absolute Gasteiger partial charge is 0.225 e. The molecule has 98 valence electrons. The molecule has 3 rings (SSSR count). The van der Waals surface area contributed by atoms with Gasteiger partial charge in [-0.2, -0.15) is 9.80 Å². The van der Waals surface area contributed by atoms with Crippen LogP contribution in [0.1, 0.15) is 0 Å². The molecular formula is C14H10N2O4+2. The van der Waals surface area contributed by atoms with Gasteiger partial charge in [0.15, 0.2) is 11.4 Å². The second-order valence-electron chi connectivity index (χ2n) is 4.45. The van der Waals surface area contributed by atoms with Gasteiger partial charge >= 0.3 is 23.6 Å². The van der Waals surface area contributed by atoms with Crippen LogP contribution in [-0.4, -0.2) is 23.6 Å². The SMILES string of the molecule is O=C1C=CC(=O)[NH+]1c1cccc([NH+]2C(=O)C=CC2=O)c1. The van der Waals surface area contributed by atoms with Crippen LogP contribution in [0.4, 0.5) is 11.4 Å². The third-order valence-corrected chi connectivity index (χ3v) is 3.20. The second kappa shape index (κ2) is 4.44. The number of quaternary nitrogens is 2. The largest absolute Gasteiger partial charge is 0.350 e. The van der Waals surface area contributed by atoms with Gasteiger partial charge in [-0.05, 0) is 0 Å². The summed E-state index contributed by atoms with van der Waals surface area (Å²) in [5.41, 5.74) is 0.838. The van der Waals surface area contributed by atoms with Crippen LogP contribution in [0.15, 0.2) is 48.6 Å². The average Bonchev–Trinajstić information content (AvgIpc) is 2.93. The molecular weight excluding hydrogens is 260 g/mol. The van der Waals surface area contributed by atoms with Gasteiger partial charge < -0.3 is 0 Å². The molecule has 2 N–H and O–H groups in total. The first-order valence-corrected chi connectivity index (χ1v) is 5.96. The molecule has 2 heterocycles. The maximum atomic E-state index is 11.6. The maximum absolute atomic E-state index is 11.6. The first kappa shape index (κ1) is 12.3. The molecule has 6 heteroatoms. The molecule has 0 atom stereocenters. The van der Waals surface area contributed by atoms with Crippen LogP contribution in [0.3, 0.4) is 0 Å². The summed E-state index contributed by atoms with van der Waals surface area (Å²) in [5.74, 6) is -1.45. The lowest BCUT2D eigenvalue weighted by Crippen LogP contribution is -3.12. The molecule has 6 nitrogen and oxygen atoms in total. The third kappa shape index (κ3) is 1.83. The Hall–Kier alpha value is -2.70. The lowest BCUT2D eigenvalue weighted by molar-refractivity contribution is -0.660. The van der Waals surface area contributed by atoms with E-state index in [1.54, 1.807) is 18.2 Å². The molecule has 20 heavy (non-hydrogen) atoms. The summed E-state index contributed by atoms with van der Waals surface area (Å²) in [5, 5.41) is 0. The Bertz CT molecular complexity index is 624. The fraction of sp³-hybridized carbons (Fsp3) is 0. The van der Waals surface area contributed by atoms with Crippen molar-refractivity contribution in [2.45, 2.75) is 0 Å². The third-order valence-electron chi connectivity index (χ3n) is 3.20. The van der Waals surface area contributed by atoms with Crippen molar-refractivity contribution in [1.82, 2.24) is 0 Å². The fourth-order valence-electron chi connectivity index (χ4n) is 2.28. The average molecular weight is 270 g/mol. The Morgan fingerprint density at radius 3 is 1.30 bits per heavy atom. The second-order valence-corrected chi connectivity index (χ2v) is 4.45. The first-order chi connectivity index (χ1) is 9.58. The minimum atomic E-state index is -0.362. The number of amides is 4. The topological polar surface area (TPSA) is 77.2 Å². The summed E-state index contributed by atoms with van der Waals surface area (Å²) in [4.78, 5) is 46.7. The lowest BCUT2D eigenvalue weighted by Gasteiger charge is -2.10. The minimum absolute atomic E-state index is 0.0679. The van der Waals surface area contributed by atoms with Crippen molar-refractivity contribution in [3.8, 4) is 0 Å². The van der Waals surface area contributed by atoms with Crippen LogP contribution in [0.2, 0.25) is 0 Å². The molecule has 2 aliphatic rings. The number of carbonyl (C=O) groups is 4. The zero-order valence-corrected chi connectivity index (χ0v) is 10.3. The highest BCUT2D eigenvalue weighted by Gasteiger charge is 2.36. The normalized spacial score (nSPS) is 19.6. The minimum Gasteiger partial charge on any atom is -0.225 e. The molecule has 0 bridgehead atoms. The van der Waals surface area contributed by atoms with E-state index in [-0.39, 0.29) is 33.4 Å². The van der Waals surface area contributed by atoms with Crippen molar-refractivity contribution < 1.29 is 29.0 Å². The van der Waals surface area contributed by atoms with Gasteiger partial charge in [0.2, 0.25) is 0 Å². The van der Waals surface area contributed by atoms with Crippen LogP contribution >= 0.6 is 0 Å². The van der Waals surface area contributed by atoms with E-state index >= 15 is 0 Å². The number of benzene rings is 1. The van der Waals surface area contributed by atoms with E-state index < -0.39 is 0 Å². The van der Waals surface area contributed by atoms with E-state index in [9.17, 15) is 19.2 Å². The highest BCUT2D eigenvalue weighted by molar-refractivity contribution is 6.04. The van der Waals surface area contributed by atoms with Crippen LogP contribution in [0.5, 0.6) is 0 Å². The molecule has 1 aromatic carbocycles. The molecule has 0 saturated carbocycles. The van der Waals surface area contributed by atoms with E-state index in [0.29, 0.717) is 11.4 Å². The molecule has 1 aromatic rings. The number of nitrogens with one attached hydrogen (secondary N) is 2. The van der Waals surface area contributed by atoms with Gasteiger partial charge in [0, 0.05) is 12.1 Å². The molecule has 0 aromatic heterocycles. The molecule has 0 saturated heterocycles. The Balaban J connectivity index is 1.99. The zero-order valence-electron chi connectivity index (χ0n) is 10.3. The molecule has 0 fully saturated rings. The number of hydrogen-bond acceptors (Lipinski definition) is 4. The monoisotopic (exact) mass is 270 g/mol. The van der Waals surface area contributed by atoms with Crippen LogP contribution in [0.25, 0.3) is 0 Å². The van der Waals surface area contributed by atoms with Gasteiger partial charge in [-0.25, -0.2) is 19.2 Å². The summed E-state index contributed by atoms with van der Waals surface area (Å²) < 4.78 is 0. The predicted molar refractivity (Wildman–Crippen MR) is 66.0 cm³/mol. The molecule has 0 spiro atoms. The molecule has 2 aliphatic heterocycles. The van der Waals surface area contributed by atoms with Crippen molar-refractivity contribution in [1.29, 1.82) is 0 Å². The Kier molecular flexibility index (Phi) is 2.74. The summed E-state index contributed by atoms with van der Waals surface area (Å²) in [6.45, 7) is 0. The maximum Gasteiger partial charge on any atom is 0.350 e. The van der Waals surface area contributed by atoms with Crippen molar-refractivity contribution >= 4 is 35.0 Å². The number of hydrogen-bond donors (Lipinski definition) is 2. The number of carbonyl (C=O) groups excluding carboxylic acids is 4.